The fourth-order valence-electron chi connectivity index (χ4n) is 7.54. The van der Waals surface area contributed by atoms with E-state index < -0.39 is 0 Å². The zero-order chi connectivity index (χ0) is 17.3. The fourth-order valence-corrected chi connectivity index (χ4v) is 7.54. The Morgan fingerprint density at radius 3 is 2.27 bits per heavy atom. The highest BCUT2D eigenvalue weighted by Crippen LogP contribution is 2.57. The third-order valence-electron chi connectivity index (χ3n) is 8.56. The molecule has 4 saturated carbocycles. The Labute approximate surface area is 156 Å². The molecule has 0 atom stereocenters. The average molecular weight is 348 g/mol. The minimum Gasteiger partial charge on any atom is -0.342 e. The predicted molar refractivity (Wildman–Crippen MR) is 104 cm³/mol. The van der Waals surface area contributed by atoms with Crippen LogP contribution in [0.1, 0.15) is 56.1 Å². The second-order valence-electron chi connectivity index (χ2n) is 9.86. The molecule has 7 rings (SSSR count). The monoisotopic (exact) mass is 347 g/mol. The van der Waals surface area contributed by atoms with Gasteiger partial charge in [0.25, 0.3) is 0 Å². The predicted octanol–water partition coefficient (Wildman–Crippen LogP) is 4.65. The highest BCUT2D eigenvalue weighted by Gasteiger charge is 2.52. The maximum atomic E-state index is 13.4. The van der Waals surface area contributed by atoms with Crippen LogP contribution >= 0.6 is 0 Å². The van der Waals surface area contributed by atoms with Crippen molar-refractivity contribution in [2.24, 2.45) is 29.6 Å². The van der Waals surface area contributed by atoms with Crippen molar-refractivity contribution in [2.75, 3.05) is 13.1 Å². The summed E-state index contributed by atoms with van der Waals surface area (Å²) in [6.45, 7) is 1.89. The summed E-state index contributed by atoms with van der Waals surface area (Å²) in [6, 6.07) is 8.82. The number of carbonyl (C=O) groups is 1. The van der Waals surface area contributed by atoms with Crippen molar-refractivity contribution in [3.8, 4) is 0 Å². The maximum absolute atomic E-state index is 13.4. The van der Waals surface area contributed by atoms with Crippen LogP contribution in [-0.4, -0.2) is 23.9 Å². The van der Waals surface area contributed by atoms with E-state index in [-0.39, 0.29) is 5.41 Å². The lowest BCUT2D eigenvalue weighted by atomic mass is 9.51. The lowest BCUT2D eigenvalue weighted by molar-refractivity contribution is -0.150. The molecule has 0 aromatic heterocycles. The van der Waals surface area contributed by atoms with Gasteiger partial charge in [0.1, 0.15) is 0 Å². The van der Waals surface area contributed by atoms with Gasteiger partial charge in [-0.3, -0.25) is 4.79 Å². The first-order valence-corrected chi connectivity index (χ1v) is 10.8. The van der Waals surface area contributed by atoms with Crippen LogP contribution in [0.3, 0.4) is 0 Å². The number of hydrogen-bond donors (Lipinski definition) is 0. The number of nitrogens with zero attached hydrogens (tertiary/aromatic N) is 1. The smallest absolute Gasteiger partial charge is 0.226 e. The van der Waals surface area contributed by atoms with E-state index in [1.165, 1.54) is 43.2 Å². The second kappa shape index (κ2) is 5.47. The largest absolute Gasteiger partial charge is 0.342 e. The third-order valence-corrected chi connectivity index (χ3v) is 8.56. The minimum absolute atomic E-state index is 0.192. The summed E-state index contributed by atoms with van der Waals surface area (Å²) >= 11 is 0. The highest BCUT2D eigenvalue weighted by molar-refractivity contribution is 5.80. The Morgan fingerprint density at radius 2 is 1.58 bits per heavy atom. The van der Waals surface area contributed by atoms with Crippen LogP contribution in [0, 0.1) is 29.6 Å². The maximum Gasteiger partial charge on any atom is 0.226 e. The Kier molecular flexibility index (Phi) is 3.26. The number of benzene rings is 1. The molecule has 1 aromatic rings. The number of fused-ring (bicyclic) bond motifs is 2. The van der Waals surface area contributed by atoms with Crippen molar-refractivity contribution < 1.29 is 4.79 Å². The number of carbonyl (C=O) groups excluding carboxylic acids is 1. The first kappa shape index (κ1) is 15.5. The number of hydrogen-bond acceptors (Lipinski definition) is 1. The van der Waals surface area contributed by atoms with E-state index in [0.717, 1.165) is 37.8 Å². The van der Waals surface area contributed by atoms with Crippen LogP contribution in [0.5, 0.6) is 0 Å². The van der Waals surface area contributed by atoms with E-state index in [4.69, 9.17) is 0 Å². The normalized spacial score (nSPS) is 38.8. The number of allylic oxidation sites excluding steroid dienone is 1. The van der Waals surface area contributed by atoms with Gasteiger partial charge in [-0.1, -0.05) is 36.4 Å². The van der Waals surface area contributed by atoms with Crippen LogP contribution in [0.4, 0.5) is 0 Å². The van der Waals surface area contributed by atoms with Gasteiger partial charge in [0.2, 0.25) is 5.91 Å². The van der Waals surface area contributed by atoms with Crippen molar-refractivity contribution >= 4 is 12.0 Å². The number of likely N-dealkylation sites (tertiary alicyclic amines) is 1. The van der Waals surface area contributed by atoms with Crippen LogP contribution in [0.25, 0.3) is 6.08 Å². The Balaban J connectivity index is 1.19. The highest BCUT2D eigenvalue weighted by atomic mass is 16.2. The average Bonchev–Trinajstić information content (AvgIpc) is 3.00. The summed E-state index contributed by atoms with van der Waals surface area (Å²) in [5.41, 5.74) is 3.06. The van der Waals surface area contributed by atoms with E-state index in [0.29, 0.717) is 23.7 Å². The zero-order valence-corrected chi connectivity index (χ0v) is 15.6. The molecule has 5 aliphatic carbocycles. The quantitative estimate of drug-likeness (QED) is 0.724. The van der Waals surface area contributed by atoms with Gasteiger partial charge in [-0.2, -0.15) is 0 Å². The van der Waals surface area contributed by atoms with Crippen molar-refractivity contribution in [1.29, 1.82) is 0 Å². The van der Waals surface area contributed by atoms with E-state index in [2.05, 4.69) is 41.3 Å². The van der Waals surface area contributed by atoms with Crippen LogP contribution in [0.2, 0.25) is 0 Å². The van der Waals surface area contributed by atoms with E-state index in [1.807, 2.05) is 0 Å². The molecule has 136 valence electrons. The molecule has 6 aliphatic rings. The summed E-state index contributed by atoms with van der Waals surface area (Å²) in [4.78, 5) is 15.7. The van der Waals surface area contributed by atoms with Crippen molar-refractivity contribution in [2.45, 2.75) is 50.4 Å². The van der Waals surface area contributed by atoms with Gasteiger partial charge in [-0.05, 0) is 79.7 Å². The summed E-state index contributed by atoms with van der Waals surface area (Å²) in [7, 11) is 0. The molecule has 4 bridgehead atoms. The van der Waals surface area contributed by atoms with Gasteiger partial charge in [-0.15, -0.1) is 0 Å². The van der Waals surface area contributed by atoms with Gasteiger partial charge in [0.15, 0.2) is 0 Å². The molecule has 1 aliphatic heterocycles. The van der Waals surface area contributed by atoms with Crippen molar-refractivity contribution in [1.82, 2.24) is 4.90 Å². The van der Waals surface area contributed by atoms with E-state index in [9.17, 15) is 4.79 Å². The molecular formula is C24H29NO. The van der Waals surface area contributed by atoms with Crippen LogP contribution in [-0.2, 0) is 10.2 Å². The van der Waals surface area contributed by atoms with Crippen molar-refractivity contribution in [3.63, 3.8) is 0 Å². The SMILES string of the molecule is O=C(C1C2CC3CC(C2)CC1C3)N1CCC2(C=Cc3ccccc32)CC1. The summed E-state index contributed by atoms with van der Waals surface area (Å²) < 4.78 is 0. The molecule has 1 spiro atoms. The topological polar surface area (TPSA) is 20.3 Å². The molecule has 1 heterocycles. The molecular weight excluding hydrogens is 318 g/mol. The first-order chi connectivity index (χ1) is 12.7. The summed E-state index contributed by atoms with van der Waals surface area (Å²) in [5.74, 6) is 4.20. The number of amides is 1. The van der Waals surface area contributed by atoms with Gasteiger partial charge in [0, 0.05) is 24.4 Å². The van der Waals surface area contributed by atoms with Gasteiger partial charge >= 0.3 is 0 Å². The molecule has 1 saturated heterocycles. The van der Waals surface area contributed by atoms with Crippen LogP contribution in [0.15, 0.2) is 30.3 Å². The lowest BCUT2D eigenvalue weighted by Gasteiger charge is -2.54. The molecule has 5 fully saturated rings. The van der Waals surface area contributed by atoms with Gasteiger partial charge < -0.3 is 4.90 Å². The molecule has 2 heteroatoms. The molecule has 1 amide bonds. The Bertz CT molecular complexity index is 742. The van der Waals surface area contributed by atoms with E-state index in [1.54, 1.807) is 0 Å². The van der Waals surface area contributed by atoms with Gasteiger partial charge in [0.05, 0.1) is 0 Å². The zero-order valence-electron chi connectivity index (χ0n) is 15.6. The second-order valence-corrected chi connectivity index (χ2v) is 9.86. The molecule has 26 heavy (non-hydrogen) atoms. The number of piperidine rings is 1. The third kappa shape index (κ3) is 2.14. The molecule has 0 N–H and O–H groups in total. The first-order valence-electron chi connectivity index (χ1n) is 10.8. The number of rotatable bonds is 1. The molecule has 0 unspecified atom stereocenters. The summed E-state index contributed by atoms with van der Waals surface area (Å²) in [5, 5.41) is 0. The van der Waals surface area contributed by atoms with E-state index >= 15 is 0 Å². The molecule has 0 radical (unpaired) electrons. The fraction of sp³-hybridized carbons (Fsp3) is 0.625. The molecule has 1 aromatic carbocycles. The summed E-state index contributed by atoms with van der Waals surface area (Å²) in [6.07, 6.45) is 13.8. The Hall–Kier alpha value is -1.57. The van der Waals surface area contributed by atoms with Gasteiger partial charge in [-0.25, -0.2) is 0 Å². The minimum atomic E-state index is 0.192. The van der Waals surface area contributed by atoms with Crippen molar-refractivity contribution in [3.05, 3.63) is 41.5 Å². The standard InChI is InChI=1S/C24H29NO/c26-23(22-19-12-16-11-17(14-19)15-20(22)13-16)25-9-7-24(8-10-25)6-5-18-3-1-2-4-21(18)24/h1-6,16-17,19-20,22H,7-15H2. The Morgan fingerprint density at radius 1 is 0.923 bits per heavy atom. The molecule has 2 nitrogen and oxygen atoms in total. The lowest BCUT2D eigenvalue weighted by Crippen LogP contribution is -2.54. The van der Waals surface area contributed by atoms with Crippen LogP contribution < -0.4 is 0 Å².